The second-order valence-corrected chi connectivity index (χ2v) is 9.80. The number of allylic oxidation sites excluding steroid dienone is 4. The van der Waals surface area contributed by atoms with E-state index in [1.54, 1.807) is 0 Å². The van der Waals surface area contributed by atoms with E-state index in [1.165, 1.54) is 44.5 Å². The summed E-state index contributed by atoms with van der Waals surface area (Å²) in [6, 6.07) is 0. The number of aliphatic imine (C=N–C) groups is 1. The van der Waals surface area contributed by atoms with Crippen LogP contribution in [0.25, 0.3) is 11.1 Å². The first-order valence-corrected chi connectivity index (χ1v) is 11.7. The standard InChI is InChI=1S/C30H38N2O/c1-13-17(5)27(31)18(6)14(2)25(13)26-15(3)19(7)28(20(8)16(26)4)32-29-21(9)23(11)30(33)24(12)22(29)10/h31H2,1-12H3. The van der Waals surface area contributed by atoms with Crippen LogP contribution in [0.5, 0.6) is 0 Å². The first kappa shape index (κ1) is 24.7. The molecule has 0 spiro atoms. The van der Waals surface area contributed by atoms with E-state index in [1.807, 2.05) is 27.7 Å². The van der Waals surface area contributed by atoms with Crippen LogP contribution < -0.4 is 5.73 Å². The van der Waals surface area contributed by atoms with Crippen LogP contribution >= 0.6 is 0 Å². The van der Waals surface area contributed by atoms with Crippen LogP contribution in [0.4, 0.5) is 11.4 Å². The van der Waals surface area contributed by atoms with E-state index in [-0.39, 0.29) is 5.78 Å². The van der Waals surface area contributed by atoms with E-state index in [4.69, 9.17) is 10.7 Å². The van der Waals surface area contributed by atoms with Crippen LogP contribution in [-0.4, -0.2) is 11.5 Å². The van der Waals surface area contributed by atoms with Gasteiger partial charge in [-0.3, -0.25) is 4.79 Å². The number of carbonyl (C=O) groups is 1. The van der Waals surface area contributed by atoms with Crippen LogP contribution in [0.15, 0.2) is 27.3 Å². The summed E-state index contributed by atoms with van der Waals surface area (Å²) in [5.74, 6) is 0.125. The van der Waals surface area contributed by atoms with Gasteiger partial charge < -0.3 is 5.73 Å². The van der Waals surface area contributed by atoms with Gasteiger partial charge >= 0.3 is 0 Å². The van der Waals surface area contributed by atoms with E-state index in [9.17, 15) is 4.79 Å². The molecule has 0 aliphatic heterocycles. The molecular weight excluding hydrogens is 404 g/mol. The molecule has 2 N–H and O–H groups in total. The summed E-state index contributed by atoms with van der Waals surface area (Å²) >= 11 is 0. The third kappa shape index (κ3) is 3.58. The molecule has 3 heteroatoms. The zero-order valence-electron chi connectivity index (χ0n) is 22.4. The van der Waals surface area contributed by atoms with Gasteiger partial charge in [-0.05, 0) is 150 Å². The van der Waals surface area contributed by atoms with Gasteiger partial charge in [-0.25, -0.2) is 4.99 Å². The Balaban J connectivity index is 2.38. The van der Waals surface area contributed by atoms with E-state index in [2.05, 4.69) is 55.4 Å². The molecule has 0 unspecified atom stereocenters. The normalized spacial score (nSPS) is 14.5. The SMILES string of the molecule is CC1=C(C)C(=Nc2c(C)c(C)c(-c3c(C)c(C)c(N)c(C)c3C)c(C)c2C)C(C)=C(C)C1=O. The fourth-order valence-corrected chi connectivity index (χ4v) is 5.09. The Kier molecular flexibility index (Phi) is 6.32. The maximum Gasteiger partial charge on any atom is 0.185 e. The number of carbonyl (C=O) groups excluding carboxylic acids is 1. The Labute approximate surface area is 199 Å². The lowest BCUT2D eigenvalue weighted by molar-refractivity contribution is -0.112. The van der Waals surface area contributed by atoms with Crippen molar-refractivity contribution >= 4 is 22.9 Å². The van der Waals surface area contributed by atoms with Crippen LogP contribution in [0.2, 0.25) is 0 Å². The lowest BCUT2D eigenvalue weighted by Gasteiger charge is -2.25. The molecular formula is C30H38N2O. The molecule has 174 valence electrons. The number of Topliss-reactive ketones (excluding diaryl/α,β-unsaturated/α-hetero) is 1. The van der Waals surface area contributed by atoms with Gasteiger partial charge in [0.1, 0.15) is 0 Å². The van der Waals surface area contributed by atoms with Gasteiger partial charge in [0.05, 0.1) is 11.4 Å². The van der Waals surface area contributed by atoms with Crippen molar-refractivity contribution in [2.24, 2.45) is 4.99 Å². The van der Waals surface area contributed by atoms with E-state index < -0.39 is 0 Å². The van der Waals surface area contributed by atoms with Crippen molar-refractivity contribution in [3.05, 3.63) is 66.8 Å². The minimum Gasteiger partial charge on any atom is -0.398 e. The molecule has 0 heterocycles. The number of hydrogen-bond donors (Lipinski definition) is 1. The smallest absolute Gasteiger partial charge is 0.185 e. The molecule has 1 aliphatic carbocycles. The molecule has 0 aromatic heterocycles. The Bertz CT molecular complexity index is 1240. The summed E-state index contributed by atoms with van der Waals surface area (Å²) in [6.07, 6.45) is 0. The van der Waals surface area contributed by atoms with Gasteiger partial charge in [0.2, 0.25) is 0 Å². The van der Waals surface area contributed by atoms with E-state index in [0.717, 1.165) is 50.5 Å². The first-order valence-electron chi connectivity index (χ1n) is 11.7. The highest BCUT2D eigenvalue weighted by molar-refractivity contribution is 6.26. The number of anilines is 1. The van der Waals surface area contributed by atoms with Crippen LogP contribution in [0, 0.1) is 55.4 Å². The Morgan fingerprint density at radius 3 is 1.18 bits per heavy atom. The molecule has 2 aromatic carbocycles. The second-order valence-electron chi connectivity index (χ2n) is 9.80. The van der Waals surface area contributed by atoms with Gasteiger partial charge in [-0.1, -0.05) is 0 Å². The minimum atomic E-state index is 0.125. The molecule has 0 atom stereocenters. The number of hydrogen-bond acceptors (Lipinski definition) is 3. The molecule has 0 fully saturated rings. The highest BCUT2D eigenvalue weighted by atomic mass is 16.1. The largest absolute Gasteiger partial charge is 0.398 e. The average molecular weight is 443 g/mol. The third-order valence-corrected chi connectivity index (χ3v) is 8.26. The molecule has 3 rings (SSSR count). The maximum atomic E-state index is 12.6. The Morgan fingerprint density at radius 2 is 0.818 bits per heavy atom. The number of benzene rings is 2. The highest BCUT2D eigenvalue weighted by Crippen LogP contribution is 2.44. The summed E-state index contributed by atoms with van der Waals surface area (Å²) in [5, 5.41) is 0. The van der Waals surface area contributed by atoms with E-state index >= 15 is 0 Å². The summed E-state index contributed by atoms with van der Waals surface area (Å²) in [5.41, 5.74) is 25.0. The van der Waals surface area contributed by atoms with Crippen LogP contribution in [0.1, 0.15) is 72.2 Å². The van der Waals surface area contributed by atoms with Crippen LogP contribution in [-0.2, 0) is 4.79 Å². The van der Waals surface area contributed by atoms with Crippen LogP contribution in [0.3, 0.4) is 0 Å². The van der Waals surface area contributed by atoms with Gasteiger partial charge in [-0.2, -0.15) is 0 Å². The number of nitrogen functional groups attached to an aromatic ring is 1. The number of nitrogens with two attached hydrogens (primary N) is 1. The Morgan fingerprint density at radius 1 is 0.485 bits per heavy atom. The zero-order valence-corrected chi connectivity index (χ0v) is 22.4. The van der Waals surface area contributed by atoms with Crippen molar-refractivity contribution in [1.29, 1.82) is 0 Å². The molecule has 1 aliphatic rings. The van der Waals surface area contributed by atoms with Crippen molar-refractivity contribution in [1.82, 2.24) is 0 Å². The zero-order chi connectivity index (χ0) is 25.1. The summed E-state index contributed by atoms with van der Waals surface area (Å²) in [6.45, 7) is 25.1. The van der Waals surface area contributed by atoms with Gasteiger partial charge in [-0.15, -0.1) is 0 Å². The van der Waals surface area contributed by atoms with Crippen molar-refractivity contribution in [2.75, 3.05) is 5.73 Å². The van der Waals surface area contributed by atoms with Gasteiger partial charge in [0.25, 0.3) is 0 Å². The minimum absolute atomic E-state index is 0.125. The number of ketones is 1. The molecule has 0 radical (unpaired) electrons. The fraction of sp³-hybridized carbons (Fsp3) is 0.400. The van der Waals surface area contributed by atoms with Crippen molar-refractivity contribution in [2.45, 2.75) is 83.1 Å². The number of rotatable bonds is 2. The molecule has 0 amide bonds. The van der Waals surface area contributed by atoms with Gasteiger partial charge in [0, 0.05) is 16.8 Å². The second kappa shape index (κ2) is 8.44. The first-order chi connectivity index (χ1) is 15.2. The topological polar surface area (TPSA) is 55.4 Å². The molecule has 2 aromatic rings. The quantitative estimate of drug-likeness (QED) is 0.382. The third-order valence-electron chi connectivity index (χ3n) is 8.26. The lowest BCUT2D eigenvalue weighted by atomic mass is 9.81. The predicted molar refractivity (Wildman–Crippen MR) is 143 cm³/mol. The predicted octanol–water partition coefficient (Wildman–Crippen LogP) is 7.73. The number of nitrogens with zero attached hydrogens (tertiary/aromatic N) is 1. The molecule has 0 saturated carbocycles. The summed E-state index contributed by atoms with van der Waals surface area (Å²) in [7, 11) is 0. The maximum absolute atomic E-state index is 12.6. The molecule has 3 nitrogen and oxygen atoms in total. The van der Waals surface area contributed by atoms with Gasteiger partial charge in [0.15, 0.2) is 5.78 Å². The molecule has 0 bridgehead atoms. The monoisotopic (exact) mass is 442 g/mol. The highest BCUT2D eigenvalue weighted by Gasteiger charge is 2.26. The fourth-order valence-electron chi connectivity index (χ4n) is 5.09. The van der Waals surface area contributed by atoms with Crippen molar-refractivity contribution in [3.63, 3.8) is 0 Å². The molecule has 33 heavy (non-hydrogen) atoms. The van der Waals surface area contributed by atoms with Crippen molar-refractivity contribution in [3.8, 4) is 11.1 Å². The van der Waals surface area contributed by atoms with E-state index in [0.29, 0.717) is 0 Å². The summed E-state index contributed by atoms with van der Waals surface area (Å²) < 4.78 is 0. The molecule has 0 saturated heterocycles. The lowest BCUT2D eigenvalue weighted by Crippen LogP contribution is -2.19. The average Bonchev–Trinajstić information content (AvgIpc) is 2.79. The Hall–Kier alpha value is -2.94. The van der Waals surface area contributed by atoms with Crippen molar-refractivity contribution < 1.29 is 4.79 Å². The summed E-state index contributed by atoms with van der Waals surface area (Å²) in [4.78, 5) is 17.7.